The number of hydrogen-bond donors (Lipinski definition) is 3. The van der Waals surface area contributed by atoms with Crippen molar-refractivity contribution in [3.8, 4) is 5.75 Å². The van der Waals surface area contributed by atoms with Crippen molar-refractivity contribution in [3.63, 3.8) is 0 Å². The van der Waals surface area contributed by atoms with E-state index in [4.69, 9.17) is 10.5 Å². The average Bonchev–Trinajstić information content (AvgIpc) is 2.97. The number of hydrogen-bond acceptors (Lipinski definition) is 5. The molecule has 110 valence electrons. The van der Waals surface area contributed by atoms with E-state index in [0.29, 0.717) is 24.0 Å². The van der Waals surface area contributed by atoms with Gasteiger partial charge < -0.3 is 10.5 Å². The van der Waals surface area contributed by atoms with Gasteiger partial charge in [0, 0.05) is 6.08 Å². The summed E-state index contributed by atoms with van der Waals surface area (Å²) in [7, 11) is 0. The first-order valence-electron chi connectivity index (χ1n) is 6.56. The third-order valence-corrected chi connectivity index (χ3v) is 2.58. The molecule has 0 radical (unpaired) electrons. The van der Waals surface area contributed by atoms with Crippen LogP contribution in [0.1, 0.15) is 18.9 Å². The number of nitrogens with zero attached hydrogens (tertiary/aromatic N) is 2. The smallest absolute Gasteiger partial charge is 0.250 e. The van der Waals surface area contributed by atoms with E-state index in [1.807, 2.05) is 13.0 Å². The fourth-order valence-corrected chi connectivity index (χ4v) is 1.61. The maximum atomic E-state index is 11.6. The molecule has 2 aromatic rings. The third-order valence-electron chi connectivity index (χ3n) is 2.58. The first kappa shape index (κ1) is 14.6. The summed E-state index contributed by atoms with van der Waals surface area (Å²) in [5, 5.41) is 8.71. The van der Waals surface area contributed by atoms with Gasteiger partial charge in [0.15, 0.2) is 0 Å². The van der Waals surface area contributed by atoms with Crippen LogP contribution in [0, 0.1) is 0 Å². The number of ether oxygens (including phenoxy) is 1. The van der Waals surface area contributed by atoms with Gasteiger partial charge in [-0.25, -0.2) is 5.10 Å². The minimum Gasteiger partial charge on any atom is -0.491 e. The van der Waals surface area contributed by atoms with Crippen LogP contribution in [0.4, 0.5) is 11.6 Å². The Hall–Kier alpha value is -2.83. The van der Waals surface area contributed by atoms with Crippen molar-refractivity contribution in [1.29, 1.82) is 0 Å². The highest BCUT2D eigenvalue weighted by Gasteiger charge is 2.02. The number of H-pyrrole nitrogens is 1. The number of rotatable bonds is 6. The summed E-state index contributed by atoms with van der Waals surface area (Å²) in [5.41, 5.74) is 7.25. The van der Waals surface area contributed by atoms with Crippen LogP contribution in [-0.2, 0) is 4.79 Å². The SMILES string of the molecule is CCCOc1ccc(/C=C\C(=O)Nc2ncn[nH]2)cc1N. The van der Waals surface area contributed by atoms with Gasteiger partial charge in [-0.05, 0) is 30.2 Å². The lowest BCUT2D eigenvalue weighted by Gasteiger charge is -2.08. The highest BCUT2D eigenvalue weighted by Crippen LogP contribution is 2.23. The molecular weight excluding hydrogens is 270 g/mol. The van der Waals surface area contributed by atoms with Gasteiger partial charge in [-0.2, -0.15) is 10.1 Å². The predicted molar refractivity (Wildman–Crippen MR) is 80.7 cm³/mol. The molecule has 7 heteroatoms. The van der Waals surface area contributed by atoms with Crippen molar-refractivity contribution in [2.75, 3.05) is 17.7 Å². The Morgan fingerprint density at radius 1 is 1.52 bits per heavy atom. The van der Waals surface area contributed by atoms with Crippen molar-refractivity contribution < 1.29 is 9.53 Å². The van der Waals surface area contributed by atoms with Crippen molar-refractivity contribution in [3.05, 3.63) is 36.2 Å². The van der Waals surface area contributed by atoms with E-state index in [9.17, 15) is 4.79 Å². The second-order valence-corrected chi connectivity index (χ2v) is 4.30. The molecule has 0 bridgehead atoms. The van der Waals surface area contributed by atoms with Gasteiger partial charge in [-0.3, -0.25) is 10.1 Å². The van der Waals surface area contributed by atoms with E-state index in [2.05, 4.69) is 20.5 Å². The third kappa shape index (κ3) is 4.34. The van der Waals surface area contributed by atoms with Crippen LogP contribution < -0.4 is 15.8 Å². The molecule has 0 aliphatic rings. The number of benzene rings is 1. The summed E-state index contributed by atoms with van der Waals surface area (Å²) >= 11 is 0. The molecule has 0 unspecified atom stereocenters. The number of carbonyl (C=O) groups excluding carboxylic acids is 1. The van der Waals surface area contributed by atoms with Crippen LogP contribution in [0.15, 0.2) is 30.6 Å². The van der Waals surface area contributed by atoms with E-state index in [-0.39, 0.29) is 5.91 Å². The second-order valence-electron chi connectivity index (χ2n) is 4.30. The number of anilines is 2. The molecule has 1 aromatic heterocycles. The number of nitrogen functional groups attached to an aromatic ring is 1. The van der Waals surface area contributed by atoms with Gasteiger partial charge in [0.1, 0.15) is 12.1 Å². The number of amides is 1. The first-order chi connectivity index (χ1) is 10.2. The van der Waals surface area contributed by atoms with Crippen LogP contribution >= 0.6 is 0 Å². The minimum absolute atomic E-state index is 0.299. The van der Waals surface area contributed by atoms with Gasteiger partial charge in [-0.15, -0.1) is 0 Å². The molecule has 0 aliphatic carbocycles. The molecule has 7 nitrogen and oxygen atoms in total. The summed E-state index contributed by atoms with van der Waals surface area (Å²) in [6.45, 7) is 2.65. The summed E-state index contributed by atoms with van der Waals surface area (Å²) in [6.07, 6.45) is 5.29. The molecule has 0 saturated carbocycles. The topological polar surface area (TPSA) is 106 Å². The molecule has 4 N–H and O–H groups in total. The zero-order valence-electron chi connectivity index (χ0n) is 11.7. The van der Waals surface area contributed by atoms with E-state index in [0.717, 1.165) is 12.0 Å². The number of carbonyl (C=O) groups is 1. The first-order valence-corrected chi connectivity index (χ1v) is 6.56. The van der Waals surface area contributed by atoms with E-state index in [1.54, 1.807) is 18.2 Å². The molecule has 1 heterocycles. The molecule has 1 amide bonds. The van der Waals surface area contributed by atoms with E-state index >= 15 is 0 Å². The quantitative estimate of drug-likeness (QED) is 0.555. The zero-order chi connectivity index (χ0) is 15.1. The molecule has 0 fully saturated rings. The molecule has 2 rings (SSSR count). The minimum atomic E-state index is -0.309. The molecule has 0 atom stereocenters. The average molecular weight is 287 g/mol. The Morgan fingerprint density at radius 3 is 3.05 bits per heavy atom. The lowest BCUT2D eigenvalue weighted by Crippen LogP contribution is -2.09. The lowest BCUT2D eigenvalue weighted by molar-refractivity contribution is -0.111. The predicted octanol–water partition coefficient (Wildman–Crippen LogP) is 1.83. The van der Waals surface area contributed by atoms with Crippen LogP contribution in [0.2, 0.25) is 0 Å². The fourth-order valence-electron chi connectivity index (χ4n) is 1.61. The number of aromatic nitrogens is 3. The van der Waals surface area contributed by atoms with E-state index in [1.165, 1.54) is 12.4 Å². The molecule has 21 heavy (non-hydrogen) atoms. The maximum absolute atomic E-state index is 11.6. The van der Waals surface area contributed by atoms with Gasteiger partial charge in [-0.1, -0.05) is 13.0 Å². The number of nitrogens with one attached hydrogen (secondary N) is 2. The Balaban J connectivity index is 1.97. The highest BCUT2D eigenvalue weighted by atomic mass is 16.5. The summed E-state index contributed by atoms with van der Waals surface area (Å²) in [6, 6.07) is 5.38. The standard InChI is InChI=1S/C14H17N5O2/c1-2-7-21-12-5-3-10(8-11(12)15)4-6-13(20)18-14-16-9-17-19-14/h3-6,8-9H,2,7,15H2,1H3,(H2,16,17,18,19,20)/b6-4-. The largest absolute Gasteiger partial charge is 0.491 e. The van der Waals surface area contributed by atoms with Gasteiger partial charge in [0.05, 0.1) is 12.3 Å². The fraction of sp³-hybridized carbons (Fsp3) is 0.214. The Kier molecular flexibility index (Phi) is 4.92. The van der Waals surface area contributed by atoms with Crippen molar-refractivity contribution in [2.24, 2.45) is 0 Å². The Bertz CT molecular complexity index is 622. The van der Waals surface area contributed by atoms with Crippen LogP contribution in [-0.4, -0.2) is 27.7 Å². The molecule has 0 spiro atoms. The summed E-state index contributed by atoms with van der Waals surface area (Å²) in [4.78, 5) is 15.4. The zero-order valence-corrected chi connectivity index (χ0v) is 11.7. The normalized spacial score (nSPS) is 10.7. The Morgan fingerprint density at radius 2 is 2.38 bits per heavy atom. The summed E-state index contributed by atoms with van der Waals surface area (Å²) < 4.78 is 5.49. The Labute approximate surface area is 122 Å². The van der Waals surface area contributed by atoms with Crippen molar-refractivity contribution in [1.82, 2.24) is 15.2 Å². The van der Waals surface area contributed by atoms with Crippen molar-refractivity contribution >= 4 is 23.6 Å². The van der Waals surface area contributed by atoms with Gasteiger partial charge >= 0.3 is 0 Å². The van der Waals surface area contributed by atoms with Crippen LogP contribution in [0.25, 0.3) is 6.08 Å². The monoisotopic (exact) mass is 287 g/mol. The van der Waals surface area contributed by atoms with Crippen LogP contribution in [0.3, 0.4) is 0 Å². The molecular formula is C14H17N5O2. The van der Waals surface area contributed by atoms with Gasteiger partial charge in [0.2, 0.25) is 5.95 Å². The number of nitrogens with two attached hydrogens (primary N) is 1. The van der Waals surface area contributed by atoms with E-state index < -0.39 is 0 Å². The summed E-state index contributed by atoms with van der Waals surface area (Å²) in [5.74, 6) is 0.643. The maximum Gasteiger partial charge on any atom is 0.250 e. The van der Waals surface area contributed by atoms with Crippen molar-refractivity contribution in [2.45, 2.75) is 13.3 Å². The molecule has 1 aromatic carbocycles. The molecule has 0 aliphatic heterocycles. The lowest BCUT2D eigenvalue weighted by atomic mass is 10.1. The number of aromatic amines is 1. The van der Waals surface area contributed by atoms with Crippen LogP contribution in [0.5, 0.6) is 5.75 Å². The molecule has 0 saturated heterocycles. The highest BCUT2D eigenvalue weighted by molar-refractivity contribution is 6.00. The van der Waals surface area contributed by atoms with Gasteiger partial charge in [0.25, 0.3) is 5.91 Å². The second kappa shape index (κ2) is 7.09.